The molecule has 2 aromatic heterocycles. The molecule has 0 saturated carbocycles. The van der Waals surface area contributed by atoms with Crippen molar-refractivity contribution in [3.8, 4) is 0 Å². The van der Waals surface area contributed by atoms with Gasteiger partial charge in [0.1, 0.15) is 11.6 Å². The second kappa shape index (κ2) is 8.49. The van der Waals surface area contributed by atoms with Crippen molar-refractivity contribution < 1.29 is 4.79 Å². The third-order valence-electron chi connectivity index (χ3n) is 5.73. The number of benzene rings is 1. The van der Waals surface area contributed by atoms with Gasteiger partial charge in [0.05, 0.1) is 10.9 Å². The number of amides is 1. The third-order valence-corrected chi connectivity index (χ3v) is 6.63. The van der Waals surface area contributed by atoms with E-state index in [9.17, 15) is 4.79 Å². The van der Waals surface area contributed by atoms with Crippen LogP contribution in [0.4, 0.5) is 5.82 Å². The lowest BCUT2D eigenvalue weighted by Crippen LogP contribution is -2.40. The normalized spacial score (nSPS) is 15.1. The standard InChI is InChI=1S/C23H28N4OS/c1-4-20-25-19-14-29-16(3)21(19)22(26-20)27-11-9-18(10-12-27)23(28)24-13-17-7-5-15(2)6-8-17/h5-8,14,18H,4,9-13H2,1-3H3,(H,24,28). The lowest BCUT2D eigenvalue weighted by molar-refractivity contribution is -0.125. The molecule has 0 atom stereocenters. The first-order valence-electron chi connectivity index (χ1n) is 10.4. The van der Waals surface area contributed by atoms with Crippen LogP contribution in [-0.2, 0) is 17.8 Å². The highest BCUT2D eigenvalue weighted by atomic mass is 32.1. The molecule has 3 heterocycles. The van der Waals surface area contributed by atoms with E-state index in [4.69, 9.17) is 4.98 Å². The molecule has 1 aliphatic heterocycles. The number of anilines is 1. The average molecular weight is 409 g/mol. The first-order valence-corrected chi connectivity index (χ1v) is 11.3. The maximum Gasteiger partial charge on any atom is 0.223 e. The molecule has 29 heavy (non-hydrogen) atoms. The van der Waals surface area contributed by atoms with E-state index in [0.717, 1.165) is 55.1 Å². The molecular weight excluding hydrogens is 380 g/mol. The fraction of sp³-hybridized carbons (Fsp3) is 0.435. The molecule has 152 valence electrons. The summed E-state index contributed by atoms with van der Waals surface area (Å²) >= 11 is 1.73. The highest BCUT2D eigenvalue weighted by molar-refractivity contribution is 7.11. The van der Waals surface area contributed by atoms with Gasteiger partial charge in [0.15, 0.2) is 0 Å². The Kier molecular flexibility index (Phi) is 5.81. The Bertz CT molecular complexity index is 1000. The van der Waals surface area contributed by atoms with Gasteiger partial charge in [-0.2, -0.15) is 0 Å². The van der Waals surface area contributed by atoms with E-state index in [1.54, 1.807) is 11.3 Å². The van der Waals surface area contributed by atoms with Crippen LogP contribution in [-0.4, -0.2) is 29.0 Å². The van der Waals surface area contributed by atoms with Gasteiger partial charge in [-0.15, -0.1) is 11.3 Å². The van der Waals surface area contributed by atoms with Gasteiger partial charge in [-0.05, 0) is 32.3 Å². The zero-order chi connectivity index (χ0) is 20.4. The van der Waals surface area contributed by atoms with E-state index in [2.05, 4.69) is 65.6 Å². The minimum absolute atomic E-state index is 0.0724. The van der Waals surface area contributed by atoms with Crippen LogP contribution < -0.4 is 10.2 Å². The fourth-order valence-electron chi connectivity index (χ4n) is 3.92. The van der Waals surface area contributed by atoms with E-state index in [-0.39, 0.29) is 11.8 Å². The Balaban J connectivity index is 1.40. The molecule has 1 aliphatic rings. The number of rotatable bonds is 5. The van der Waals surface area contributed by atoms with Gasteiger partial charge in [-0.3, -0.25) is 4.79 Å². The topological polar surface area (TPSA) is 58.1 Å². The van der Waals surface area contributed by atoms with Crippen LogP contribution >= 0.6 is 11.3 Å². The second-order valence-electron chi connectivity index (χ2n) is 7.83. The summed E-state index contributed by atoms with van der Waals surface area (Å²) in [6, 6.07) is 8.32. The Morgan fingerprint density at radius 2 is 1.90 bits per heavy atom. The third kappa shape index (κ3) is 4.27. The summed E-state index contributed by atoms with van der Waals surface area (Å²) in [6.07, 6.45) is 2.54. The van der Waals surface area contributed by atoms with Gasteiger partial charge in [0.25, 0.3) is 0 Å². The van der Waals surface area contributed by atoms with Crippen LogP contribution in [0.2, 0.25) is 0 Å². The molecule has 1 amide bonds. The zero-order valence-electron chi connectivity index (χ0n) is 17.4. The van der Waals surface area contributed by atoms with Crippen molar-refractivity contribution in [1.82, 2.24) is 15.3 Å². The van der Waals surface area contributed by atoms with Crippen LogP contribution in [0.5, 0.6) is 0 Å². The highest BCUT2D eigenvalue weighted by Gasteiger charge is 2.27. The lowest BCUT2D eigenvalue weighted by Gasteiger charge is -2.32. The van der Waals surface area contributed by atoms with Crippen molar-refractivity contribution in [2.75, 3.05) is 18.0 Å². The minimum atomic E-state index is 0.0724. The summed E-state index contributed by atoms with van der Waals surface area (Å²) in [4.78, 5) is 25.8. The smallest absolute Gasteiger partial charge is 0.223 e. The van der Waals surface area contributed by atoms with Gasteiger partial charge in [-0.1, -0.05) is 36.8 Å². The van der Waals surface area contributed by atoms with Crippen molar-refractivity contribution in [1.29, 1.82) is 0 Å². The summed E-state index contributed by atoms with van der Waals surface area (Å²) in [7, 11) is 0. The molecule has 0 bridgehead atoms. The summed E-state index contributed by atoms with van der Waals surface area (Å²) < 4.78 is 0. The van der Waals surface area contributed by atoms with Crippen molar-refractivity contribution in [3.63, 3.8) is 0 Å². The van der Waals surface area contributed by atoms with Gasteiger partial charge >= 0.3 is 0 Å². The molecule has 1 fully saturated rings. The number of carbonyl (C=O) groups excluding carboxylic acids is 1. The quantitative estimate of drug-likeness (QED) is 0.680. The first kappa shape index (κ1) is 19.8. The van der Waals surface area contributed by atoms with E-state index in [0.29, 0.717) is 6.54 Å². The average Bonchev–Trinajstić information content (AvgIpc) is 3.13. The number of aryl methyl sites for hydroxylation is 3. The van der Waals surface area contributed by atoms with E-state index >= 15 is 0 Å². The van der Waals surface area contributed by atoms with Crippen LogP contribution in [0.3, 0.4) is 0 Å². The number of carbonyl (C=O) groups is 1. The molecular formula is C23H28N4OS. The number of fused-ring (bicyclic) bond motifs is 1. The van der Waals surface area contributed by atoms with Gasteiger partial charge < -0.3 is 10.2 Å². The van der Waals surface area contributed by atoms with Crippen molar-refractivity contribution in [2.24, 2.45) is 5.92 Å². The molecule has 4 rings (SSSR count). The van der Waals surface area contributed by atoms with Gasteiger partial charge in [0.2, 0.25) is 5.91 Å². The number of aromatic nitrogens is 2. The number of hydrogen-bond acceptors (Lipinski definition) is 5. The fourth-order valence-corrected chi connectivity index (χ4v) is 4.69. The molecule has 5 nitrogen and oxygen atoms in total. The Morgan fingerprint density at radius 3 is 2.59 bits per heavy atom. The van der Waals surface area contributed by atoms with Crippen LogP contribution in [0.25, 0.3) is 10.9 Å². The predicted molar refractivity (Wildman–Crippen MR) is 119 cm³/mol. The summed E-state index contributed by atoms with van der Waals surface area (Å²) in [5.74, 6) is 2.18. The van der Waals surface area contributed by atoms with Gasteiger partial charge in [0, 0.05) is 42.2 Å². The lowest BCUT2D eigenvalue weighted by atomic mass is 9.95. The number of nitrogens with zero attached hydrogens (tertiary/aromatic N) is 3. The number of thiophene rings is 1. The Hall–Kier alpha value is -2.47. The number of piperidine rings is 1. The van der Waals surface area contributed by atoms with E-state index in [1.807, 2.05) is 0 Å². The van der Waals surface area contributed by atoms with E-state index in [1.165, 1.54) is 15.8 Å². The summed E-state index contributed by atoms with van der Waals surface area (Å²) in [5, 5.41) is 6.41. The molecule has 1 aromatic carbocycles. The molecule has 3 aromatic rings. The van der Waals surface area contributed by atoms with Crippen molar-refractivity contribution >= 4 is 34.0 Å². The van der Waals surface area contributed by atoms with E-state index < -0.39 is 0 Å². The van der Waals surface area contributed by atoms with Crippen LogP contribution in [0.15, 0.2) is 29.6 Å². The molecule has 1 saturated heterocycles. The highest BCUT2D eigenvalue weighted by Crippen LogP contribution is 2.33. The SMILES string of the molecule is CCc1nc(N2CCC(C(=O)NCc3ccc(C)cc3)CC2)c2c(C)scc2n1. The largest absolute Gasteiger partial charge is 0.356 e. The van der Waals surface area contributed by atoms with Gasteiger partial charge in [-0.25, -0.2) is 9.97 Å². The van der Waals surface area contributed by atoms with Crippen molar-refractivity contribution in [2.45, 2.75) is 46.6 Å². The predicted octanol–water partition coefficient (Wildman–Crippen LogP) is 4.40. The molecule has 6 heteroatoms. The molecule has 0 unspecified atom stereocenters. The monoisotopic (exact) mass is 408 g/mol. The first-order chi connectivity index (χ1) is 14.0. The Labute approximate surface area is 176 Å². The second-order valence-corrected chi connectivity index (χ2v) is 8.92. The maximum atomic E-state index is 12.7. The van der Waals surface area contributed by atoms with Crippen LogP contribution in [0, 0.1) is 19.8 Å². The molecule has 1 N–H and O–H groups in total. The molecule has 0 radical (unpaired) electrons. The summed E-state index contributed by atoms with van der Waals surface area (Å²) in [6.45, 7) is 8.61. The summed E-state index contributed by atoms with van der Waals surface area (Å²) in [5.41, 5.74) is 3.43. The van der Waals surface area contributed by atoms with Crippen molar-refractivity contribution in [3.05, 3.63) is 51.5 Å². The molecule has 0 spiro atoms. The number of nitrogens with one attached hydrogen (secondary N) is 1. The molecule has 0 aliphatic carbocycles. The minimum Gasteiger partial charge on any atom is -0.356 e. The zero-order valence-corrected chi connectivity index (χ0v) is 18.2. The van der Waals surface area contributed by atoms with Crippen LogP contribution in [0.1, 0.15) is 41.6 Å². The maximum absolute atomic E-state index is 12.7. The Morgan fingerprint density at radius 1 is 1.17 bits per heavy atom. The number of hydrogen-bond donors (Lipinski definition) is 1.